The summed E-state index contributed by atoms with van der Waals surface area (Å²) in [5.41, 5.74) is 1.33. The number of halogens is 1. The number of anilines is 1. The molecule has 162 valence electrons. The first-order valence-electron chi connectivity index (χ1n) is 11.1. The predicted molar refractivity (Wildman–Crippen MR) is 126 cm³/mol. The van der Waals surface area contributed by atoms with Crippen LogP contribution in [0.3, 0.4) is 0 Å². The van der Waals surface area contributed by atoms with Crippen LogP contribution in [0.1, 0.15) is 68.6 Å². The van der Waals surface area contributed by atoms with Gasteiger partial charge in [0.05, 0.1) is 17.7 Å². The Balaban J connectivity index is 1.47. The second-order valence-corrected chi connectivity index (χ2v) is 8.82. The van der Waals surface area contributed by atoms with Gasteiger partial charge in [0.15, 0.2) is 0 Å². The fourth-order valence-corrected chi connectivity index (χ4v) is 4.24. The molecule has 2 aromatic rings. The van der Waals surface area contributed by atoms with Crippen LogP contribution in [-0.4, -0.2) is 19.1 Å². The Morgan fingerprint density at radius 2 is 1.80 bits per heavy atom. The van der Waals surface area contributed by atoms with Gasteiger partial charge < -0.3 is 14.8 Å². The molecule has 4 nitrogen and oxygen atoms in total. The third-order valence-corrected chi connectivity index (χ3v) is 6.20. The van der Waals surface area contributed by atoms with E-state index in [4.69, 9.17) is 9.47 Å². The van der Waals surface area contributed by atoms with Crippen LogP contribution in [0.4, 0.5) is 5.69 Å². The van der Waals surface area contributed by atoms with Crippen molar-refractivity contribution >= 4 is 27.5 Å². The van der Waals surface area contributed by atoms with Crippen LogP contribution in [0.15, 0.2) is 46.9 Å². The molecule has 1 fully saturated rings. The fourth-order valence-electron chi connectivity index (χ4n) is 3.74. The molecule has 0 radical (unpaired) electrons. The molecule has 1 aliphatic rings. The van der Waals surface area contributed by atoms with Gasteiger partial charge in [-0.05, 0) is 77.2 Å². The summed E-state index contributed by atoms with van der Waals surface area (Å²) in [6.07, 6.45) is 10.0. The SMILES string of the molecule is CCCCOc1ccc(C(=O)Nc2ccc(OCCC3CCCCC3)cc2)cc1Br. The van der Waals surface area contributed by atoms with Crippen molar-refractivity contribution in [1.82, 2.24) is 0 Å². The number of rotatable bonds is 10. The summed E-state index contributed by atoms with van der Waals surface area (Å²) in [5, 5.41) is 2.94. The highest BCUT2D eigenvalue weighted by Crippen LogP contribution is 2.28. The third-order valence-electron chi connectivity index (χ3n) is 5.58. The maximum atomic E-state index is 12.6. The lowest BCUT2D eigenvalue weighted by Crippen LogP contribution is -2.12. The van der Waals surface area contributed by atoms with Gasteiger partial charge in [-0.3, -0.25) is 4.79 Å². The van der Waals surface area contributed by atoms with Crippen molar-refractivity contribution in [2.45, 2.75) is 58.3 Å². The monoisotopic (exact) mass is 473 g/mol. The molecule has 0 aromatic heterocycles. The zero-order chi connectivity index (χ0) is 21.2. The molecule has 1 saturated carbocycles. The average molecular weight is 474 g/mol. The number of ether oxygens (including phenoxy) is 2. The lowest BCUT2D eigenvalue weighted by molar-refractivity contribution is 0.102. The number of amides is 1. The lowest BCUT2D eigenvalue weighted by atomic mass is 9.87. The van der Waals surface area contributed by atoms with Crippen LogP contribution in [0, 0.1) is 5.92 Å². The highest BCUT2D eigenvalue weighted by atomic mass is 79.9. The Morgan fingerprint density at radius 3 is 2.50 bits per heavy atom. The van der Waals surface area contributed by atoms with E-state index in [-0.39, 0.29) is 5.91 Å². The van der Waals surface area contributed by atoms with Crippen LogP contribution >= 0.6 is 15.9 Å². The Bertz CT molecular complexity index is 801. The molecule has 1 N–H and O–H groups in total. The van der Waals surface area contributed by atoms with Crippen LogP contribution < -0.4 is 14.8 Å². The Morgan fingerprint density at radius 1 is 1.03 bits per heavy atom. The molecule has 0 aliphatic heterocycles. The molecule has 3 rings (SSSR count). The van der Waals surface area contributed by atoms with E-state index in [1.165, 1.54) is 32.1 Å². The molecule has 1 aliphatic carbocycles. The normalized spacial score (nSPS) is 14.3. The molecule has 0 unspecified atom stereocenters. The highest BCUT2D eigenvalue weighted by Gasteiger charge is 2.13. The van der Waals surface area contributed by atoms with Crippen LogP contribution in [0.25, 0.3) is 0 Å². The molecule has 0 spiro atoms. The molecule has 0 saturated heterocycles. The summed E-state index contributed by atoms with van der Waals surface area (Å²) in [7, 11) is 0. The predicted octanol–water partition coefficient (Wildman–Crippen LogP) is 7.23. The van der Waals surface area contributed by atoms with Crippen molar-refractivity contribution in [2.24, 2.45) is 5.92 Å². The summed E-state index contributed by atoms with van der Waals surface area (Å²) < 4.78 is 12.4. The molecule has 0 atom stereocenters. The van der Waals surface area contributed by atoms with E-state index < -0.39 is 0 Å². The number of hydrogen-bond acceptors (Lipinski definition) is 3. The number of unbranched alkanes of at least 4 members (excludes halogenated alkanes) is 1. The number of carbonyl (C=O) groups is 1. The van der Waals surface area contributed by atoms with E-state index in [1.807, 2.05) is 30.3 Å². The Hall–Kier alpha value is -2.01. The van der Waals surface area contributed by atoms with E-state index >= 15 is 0 Å². The standard InChI is InChI=1S/C25H32BrNO3/c1-2-3-16-30-24-14-9-20(18-23(24)26)25(28)27-21-10-12-22(13-11-21)29-17-15-19-7-5-4-6-8-19/h9-14,18-19H,2-8,15-17H2,1H3,(H,27,28). The zero-order valence-corrected chi connectivity index (χ0v) is 19.4. The molecular weight excluding hydrogens is 442 g/mol. The number of carbonyl (C=O) groups excluding carboxylic acids is 1. The van der Waals surface area contributed by atoms with Crippen molar-refractivity contribution in [3.8, 4) is 11.5 Å². The lowest BCUT2D eigenvalue weighted by Gasteiger charge is -2.21. The van der Waals surface area contributed by atoms with Gasteiger partial charge in [0.1, 0.15) is 11.5 Å². The number of hydrogen-bond donors (Lipinski definition) is 1. The van der Waals surface area contributed by atoms with Gasteiger partial charge >= 0.3 is 0 Å². The largest absolute Gasteiger partial charge is 0.494 e. The fraction of sp³-hybridized carbons (Fsp3) is 0.480. The van der Waals surface area contributed by atoms with Gasteiger partial charge in [0.25, 0.3) is 5.91 Å². The quantitative estimate of drug-likeness (QED) is 0.370. The second-order valence-electron chi connectivity index (χ2n) is 7.97. The van der Waals surface area contributed by atoms with Crippen molar-refractivity contribution in [1.29, 1.82) is 0 Å². The topological polar surface area (TPSA) is 47.6 Å². The second kappa shape index (κ2) is 12.0. The minimum atomic E-state index is -0.151. The van der Waals surface area contributed by atoms with Crippen LogP contribution in [-0.2, 0) is 0 Å². The Labute approximate surface area is 188 Å². The summed E-state index contributed by atoms with van der Waals surface area (Å²) in [4.78, 5) is 12.6. The summed E-state index contributed by atoms with van der Waals surface area (Å²) in [5.74, 6) is 2.27. The smallest absolute Gasteiger partial charge is 0.255 e. The van der Waals surface area contributed by atoms with Gasteiger partial charge in [0, 0.05) is 11.3 Å². The molecule has 30 heavy (non-hydrogen) atoms. The first-order valence-corrected chi connectivity index (χ1v) is 11.9. The van der Waals surface area contributed by atoms with E-state index in [1.54, 1.807) is 12.1 Å². The van der Waals surface area contributed by atoms with Crippen molar-refractivity contribution in [3.05, 3.63) is 52.5 Å². The van der Waals surface area contributed by atoms with Crippen molar-refractivity contribution in [3.63, 3.8) is 0 Å². The molecule has 0 heterocycles. The zero-order valence-electron chi connectivity index (χ0n) is 17.8. The van der Waals surface area contributed by atoms with E-state index in [2.05, 4.69) is 28.2 Å². The van der Waals surface area contributed by atoms with E-state index in [9.17, 15) is 4.79 Å². The number of nitrogens with one attached hydrogen (secondary N) is 1. The molecule has 0 bridgehead atoms. The van der Waals surface area contributed by atoms with E-state index in [0.29, 0.717) is 12.2 Å². The van der Waals surface area contributed by atoms with Crippen LogP contribution in [0.2, 0.25) is 0 Å². The summed E-state index contributed by atoms with van der Waals surface area (Å²) in [6.45, 7) is 3.56. The first kappa shape index (κ1) is 22.7. The maximum Gasteiger partial charge on any atom is 0.255 e. The van der Waals surface area contributed by atoms with Gasteiger partial charge in [-0.15, -0.1) is 0 Å². The molecular formula is C25H32BrNO3. The first-order chi connectivity index (χ1) is 14.7. The molecule has 1 amide bonds. The van der Waals surface area contributed by atoms with E-state index in [0.717, 1.165) is 53.4 Å². The van der Waals surface area contributed by atoms with Crippen molar-refractivity contribution < 1.29 is 14.3 Å². The average Bonchev–Trinajstić information content (AvgIpc) is 2.77. The van der Waals surface area contributed by atoms with Crippen LogP contribution in [0.5, 0.6) is 11.5 Å². The summed E-state index contributed by atoms with van der Waals surface area (Å²) >= 11 is 3.49. The third kappa shape index (κ3) is 7.05. The Kier molecular flexibility index (Phi) is 9.06. The van der Waals surface area contributed by atoms with Gasteiger partial charge in [-0.25, -0.2) is 0 Å². The molecule has 2 aromatic carbocycles. The van der Waals surface area contributed by atoms with Gasteiger partial charge in [0.2, 0.25) is 0 Å². The maximum absolute atomic E-state index is 12.6. The highest BCUT2D eigenvalue weighted by molar-refractivity contribution is 9.10. The number of benzene rings is 2. The van der Waals surface area contributed by atoms with Gasteiger partial charge in [-0.1, -0.05) is 45.4 Å². The minimum Gasteiger partial charge on any atom is -0.494 e. The van der Waals surface area contributed by atoms with Crippen molar-refractivity contribution in [2.75, 3.05) is 18.5 Å². The minimum absolute atomic E-state index is 0.151. The summed E-state index contributed by atoms with van der Waals surface area (Å²) in [6, 6.07) is 13.0. The molecule has 5 heteroatoms. The van der Waals surface area contributed by atoms with Gasteiger partial charge in [-0.2, -0.15) is 0 Å².